The second-order valence-electron chi connectivity index (χ2n) is 11.7. The molecule has 3 heteroatoms. The molecule has 0 fully saturated rings. The van der Waals surface area contributed by atoms with Gasteiger partial charge in [0, 0.05) is 43.6 Å². The van der Waals surface area contributed by atoms with Crippen LogP contribution in [0.15, 0.2) is 162 Å². The van der Waals surface area contributed by atoms with Crippen LogP contribution >= 0.6 is 0 Å². The number of hydrogen-bond donors (Lipinski definition) is 0. The van der Waals surface area contributed by atoms with E-state index in [9.17, 15) is 0 Å². The fraction of sp³-hybridized carbons (Fsp3) is 0. The van der Waals surface area contributed by atoms with Crippen molar-refractivity contribution >= 4 is 65.6 Å². The number of furan rings is 1. The van der Waals surface area contributed by atoms with Crippen molar-refractivity contribution in [2.45, 2.75) is 0 Å². The third-order valence-electron chi connectivity index (χ3n) is 9.31. The molecule has 0 radical (unpaired) electrons. The SMILES string of the molecule is c1cc(-c2cccc3c4ccccc4n(-c4cccc5c4oc4ccccc45)c23)cc(-n2c3ccccc3c3ccccc32)c1. The summed E-state index contributed by atoms with van der Waals surface area (Å²) in [5.41, 5.74) is 11.1. The summed E-state index contributed by atoms with van der Waals surface area (Å²) in [4.78, 5) is 0. The first-order valence-electron chi connectivity index (χ1n) is 15.4. The third-order valence-corrected chi connectivity index (χ3v) is 9.31. The maximum absolute atomic E-state index is 6.58. The molecule has 0 unspecified atom stereocenters. The summed E-state index contributed by atoms with van der Waals surface area (Å²) < 4.78 is 11.4. The van der Waals surface area contributed by atoms with Crippen LogP contribution in [0, 0.1) is 0 Å². The van der Waals surface area contributed by atoms with Gasteiger partial charge in [-0.25, -0.2) is 0 Å². The summed E-state index contributed by atoms with van der Waals surface area (Å²) in [6.07, 6.45) is 0. The summed E-state index contributed by atoms with van der Waals surface area (Å²) in [7, 11) is 0. The largest absolute Gasteiger partial charge is 0.454 e. The van der Waals surface area contributed by atoms with Crippen molar-refractivity contribution in [2.75, 3.05) is 0 Å². The molecule has 10 aromatic rings. The number of benzene rings is 7. The zero-order valence-corrected chi connectivity index (χ0v) is 24.3. The summed E-state index contributed by atoms with van der Waals surface area (Å²) in [5, 5.41) is 7.23. The van der Waals surface area contributed by atoms with Gasteiger partial charge in [-0.15, -0.1) is 0 Å². The molecule has 0 atom stereocenters. The Labute approximate surface area is 258 Å². The number of aromatic nitrogens is 2. The maximum atomic E-state index is 6.58. The van der Waals surface area contributed by atoms with E-state index in [4.69, 9.17) is 4.42 Å². The molecule has 0 amide bonds. The lowest BCUT2D eigenvalue weighted by atomic mass is 10.0. The standard InChI is InChI=1S/C42H26N2O/c1-5-21-36-30(14-1)31-15-2-6-22-37(31)43(36)28-13-9-12-27(26-28)29-18-10-19-34-32-16-3-7-23-38(32)44(41(29)34)39-24-11-20-35-33-17-4-8-25-40(33)45-42(35)39/h1-26H. The predicted molar refractivity (Wildman–Crippen MR) is 188 cm³/mol. The topological polar surface area (TPSA) is 23.0 Å². The van der Waals surface area contributed by atoms with Gasteiger partial charge in [0.2, 0.25) is 0 Å². The van der Waals surface area contributed by atoms with Crippen molar-refractivity contribution in [3.63, 3.8) is 0 Å². The van der Waals surface area contributed by atoms with Gasteiger partial charge in [-0.05, 0) is 48.0 Å². The minimum absolute atomic E-state index is 0.898. The molecule has 210 valence electrons. The lowest BCUT2D eigenvalue weighted by Gasteiger charge is -2.14. The molecule has 0 bridgehead atoms. The Morgan fingerprint density at radius 2 is 0.956 bits per heavy atom. The monoisotopic (exact) mass is 574 g/mol. The van der Waals surface area contributed by atoms with Crippen LogP contribution in [-0.4, -0.2) is 9.13 Å². The van der Waals surface area contributed by atoms with E-state index in [1.165, 1.54) is 49.2 Å². The van der Waals surface area contributed by atoms with Gasteiger partial charge in [0.25, 0.3) is 0 Å². The van der Waals surface area contributed by atoms with Gasteiger partial charge in [-0.2, -0.15) is 0 Å². The van der Waals surface area contributed by atoms with Gasteiger partial charge in [0.05, 0.1) is 27.8 Å². The normalized spacial score (nSPS) is 12.0. The molecule has 0 aliphatic rings. The van der Waals surface area contributed by atoms with Gasteiger partial charge < -0.3 is 13.6 Å². The average Bonchev–Trinajstić information content (AvgIpc) is 3.76. The van der Waals surface area contributed by atoms with Crippen LogP contribution in [0.1, 0.15) is 0 Å². The van der Waals surface area contributed by atoms with Gasteiger partial charge in [0.15, 0.2) is 5.58 Å². The molecule has 0 aliphatic carbocycles. The fourth-order valence-electron chi connectivity index (χ4n) is 7.42. The van der Waals surface area contributed by atoms with Crippen LogP contribution in [0.2, 0.25) is 0 Å². The Kier molecular flexibility index (Phi) is 5.00. The van der Waals surface area contributed by atoms with E-state index in [2.05, 4.69) is 161 Å². The molecular formula is C42H26N2O. The Morgan fingerprint density at radius 1 is 0.400 bits per heavy atom. The lowest BCUT2D eigenvalue weighted by molar-refractivity contribution is 0.666. The van der Waals surface area contributed by atoms with E-state index in [0.717, 1.165) is 38.8 Å². The zero-order valence-electron chi connectivity index (χ0n) is 24.3. The molecular weight excluding hydrogens is 548 g/mol. The Balaban J connectivity index is 1.28. The lowest BCUT2D eigenvalue weighted by Crippen LogP contribution is -1.97. The quantitative estimate of drug-likeness (QED) is 0.206. The third kappa shape index (κ3) is 3.41. The molecule has 0 N–H and O–H groups in total. The molecule has 10 rings (SSSR count). The molecule has 0 aliphatic heterocycles. The first-order valence-corrected chi connectivity index (χ1v) is 15.4. The van der Waals surface area contributed by atoms with Gasteiger partial charge >= 0.3 is 0 Å². The van der Waals surface area contributed by atoms with Gasteiger partial charge in [0.1, 0.15) is 5.58 Å². The smallest absolute Gasteiger partial charge is 0.159 e. The van der Waals surface area contributed by atoms with E-state index < -0.39 is 0 Å². The molecule has 7 aromatic carbocycles. The average molecular weight is 575 g/mol. The fourth-order valence-corrected chi connectivity index (χ4v) is 7.42. The molecule has 0 saturated heterocycles. The number of para-hydroxylation sites is 6. The highest BCUT2D eigenvalue weighted by Gasteiger charge is 2.20. The molecule has 3 heterocycles. The van der Waals surface area contributed by atoms with E-state index in [1.807, 2.05) is 6.07 Å². The van der Waals surface area contributed by atoms with Crippen molar-refractivity contribution in [1.29, 1.82) is 0 Å². The second-order valence-corrected chi connectivity index (χ2v) is 11.7. The summed E-state index contributed by atoms with van der Waals surface area (Å²) in [6, 6.07) is 56.5. The van der Waals surface area contributed by atoms with Crippen molar-refractivity contribution in [3.8, 4) is 22.5 Å². The van der Waals surface area contributed by atoms with Crippen LogP contribution in [0.25, 0.3) is 88.1 Å². The number of fused-ring (bicyclic) bond motifs is 9. The van der Waals surface area contributed by atoms with E-state index in [0.29, 0.717) is 0 Å². The molecule has 0 saturated carbocycles. The number of hydrogen-bond acceptors (Lipinski definition) is 1. The number of nitrogens with zero attached hydrogens (tertiary/aromatic N) is 2. The Hall–Kier alpha value is -6.06. The highest BCUT2D eigenvalue weighted by atomic mass is 16.3. The first-order chi connectivity index (χ1) is 22.3. The minimum Gasteiger partial charge on any atom is -0.454 e. The number of rotatable bonds is 3. The van der Waals surface area contributed by atoms with Crippen molar-refractivity contribution in [3.05, 3.63) is 158 Å². The summed E-state index contributed by atoms with van der Waals surface area (Å²) in [6.45, 7) is 0. The van der Waals surface area contributed by atoms with Crippen LogP contribution in [0.5, 0.6) is 0 Å². The second kappa shape index (κ2) is 9.22. The van der Waals surface area contributed by atoms with Crippen LogP contribution in [0.3, 0.4) is 0 Å². The molecule has 45 heavy (non-hydrogen) atoms. The van der Waals surface area contributed by atoms with Crippen molar-refractivity contribution < 1.29 is 4.42 Å². The first kappa shape index (κ1) is 24.4. The van der Waals surface area contributed by atoms with Crippen molar-refractivity contribution in [1.82, 2.24) is 9.13 Å². The zero-order chi connectivity index (χ0) is 29.5. The summed E-state index contributed by atoms with van der Waals surface area (Å²) in [5.74, 6) is 0. The van der Waals surface area contributed by atoms with E-state index in [-0.39, 0.29) is 0 Å². The van der Waals surface area contributed by atoms with Gasteiger partial charge in [-0.1, -0.05) is 115 Å². The molecule has 3 nitrogen and oxygen atoms in total. The van der Waals surface area contributed by atoms with E-state index >= 15 is 0 Å². The Morgan fingerprint density at radius 3 is 1.71 bits per heavy atom. The highest BCUT2D eigenvalue weighted by Crippen LogP contribution is 2.42. The van der Waals surface area contributed by atoms with Crippen LogP contribution in [-0.2, 0) is 0 Å². The summed E-state index contributed by atoms with van der Waals surface area (Å²) >= 11 is 0. The Bertz CT molecular complexity index is 2720. The van der Waals surface area contributed by atoms with Gasteiger partial charge in [-0.3, -0.25) is 0 Å². The van der Waals surface area contributed by atoms with Crippen LogP contribution < -0.4 is 0 Å². The van der Waals surface area contributed by atoms with E-state index in [1.54, 1.807) is 0 Å². The maximum Gasteiger partial charge on any atom is 0.159 e. The van der Waals surface area contributed by atoms with Crippen LogP contribution in [0.4, 0.5) is 0 Å². The van der Waals surface area contributed by atoms with Crippen molar-refractivity contribution in [2.24, 2.45) is 0 Å². The highest BCUT2D eigenvalue weighted by molar-refractivity contribution is 6.16. The predicted octanol–water partition coefficient (Wildman–Crippen LogP) is 11.4. The molecule has 3 aromatic heterocycles. The minimum atomic E-state index is 0.898. The molecule has 0 spiro atoms.